The van der Waals surface area contributed by atoms with Crippen molar-refractivity contribution in [2.24, 2.45) is 0 Å². The molecule has 1 N–H and O–H groups in total. The van der Waals surface area contributed by atoms with E-state index < -0.39 is 38.3 Å². The number of sulfonamides is 1. The van der Waals surface area contributed by atoms with Crippen LogP contribution in [0.3, 0.4) is 0 Å². The van der Waals surface area contributed by atoms with Crippen molar-refractivity contribution in [3.8, 4) is 6.07 Å². The molecule has 0 saturated carbocycles. The molecule has 0 aliphatic carbocycles. The molecule has 5 nitrogen and oxygen atoms in total. The maximum Gasteiger partial charge on any atom is 0.417 e. The van der Waals surface area contributed by atoms with Gasteiger partial charge in [-0.05, 0) is 31.5 Å². The Bertz CT molecular complexity index is 666. The summed E-state index contributed by atoms with van der Waals surface area (Å²) in [5, 5.41) is 8.69. The van der Waals surface area contributed by atoms with Crippen LogP contribution in [0.25, 0.3) is 0 Å². The van der Waals surface area contributed by atoms with Crippen molar-refractivity contribution in [2.45, 2.75) is 30.5 Å². The Labute approximate surface area is 126 Å². The monoisotopic (exact) mass is 336 g/mol. The third kappa shape index (κ3) is 4.69. The van der Waals surface area contributed by atoms with Crippen molar-refractivity contribution in [3.05, 3.63) is 29.3 Å². The van der Waals surface area contributed by atoms with E-state index in [4.69, 9.17) is 10.00 Å². The molecular formula is C13H15F3N2O3S. The average molecular weight is 336 g/mol. The van der Waals surface area contributed by atoms with Crippen molar-refractivity contribution in [1.82, 2.24) is 4.72 Å². The van der Waals surface area contributed by atoms with Crippen LogP contribution in [-0.2, 0) is 20.9 Å². The van der Waals surface area contributed by atoms with E-state index in [9.17, 15) is 21.6 Å². The van der Waals surface area contributed by atoms with E-state index in [2.05, 4.69) is 4.72 Å². The lowest BCUT2D eigenvalue weighted by atomic mass is 10.1. The van der Waals surface area contributed by atoms with Crippen LogP contribution in [0.5, 0.6) is 0 Å². The minimum Gasteiger partial charge on any atom is -0.385 e. The lowest BCUT2D eigenvalue weighted by Crippen LogP contribution is -2.33. The number of hydrogen-bond donors (Lipinski definition) is 1. The zero-order valence-electron chi connectivity index (χ0n) is 11.9. The molecular weight excluding hydrogens is 321 g/mol. The minimum absolute atomic E-state index is 0.310. The summed E-state index contributed by atoms with van der Waals surface area (Å²) < 4.78 is 69.8. The number of ether oxygens (including phenoxy) is 1. The smallest absolute Gasteiger partial charge is 0.385 e. The normalized spacial score (nSPS) is 13.6. The standard InChI is InChI=1S/C13H15F3N2O3S/c1-9(5-6-21-2)18-22(19,20)11-4-3-10(8-17)12(7-11)13(14,15)16/h3-4,7,9,18H,5-6H2,1-2H3. The summed E-state index contributed by atoms with van der Waals surface area (Å²) >= 11 is 0. The van der Waals surface area contributed by atoms with Crippen LogP contribution in [0.15, 0.2) is 23.1 Å². The first kappa shape index (κ1) is 18.4. The molecule has 122 valence electrons. The number of hydrogen-bond acceptors (Lipinski definition) is 4. The molecule has 9 heteroatoms. The van der Waals surface area contributed by atoms with Crippen LogP contribution in [0, 0.1) is 11.3 Å². The second-order valence-electron chi connectivity index (χ2n) is 4.62. The fraction of sp³-hybridized carbons (Fsp3) is 0.462. The highest BCUT2D eigenvalue weighted by atomic mass is 32.2. The van der Waals surface area contributed by atoms with Gasteiger partial charge in [-0.15, -0.1) is 0 Å². The molecule has 0 aliphatic rings. The summed E-state index contributed by atoms with van der Waals surface area (Å²) in [4.78, 5) is -0.539. The maximum atomic E-state index is 12.8. The molecule has 1 unspecified atom stereocenters. The summed E-state index contributed by atoms with van der Waals surface area (Å²) in [7, 11) is -2.66. The van der Waals surface area contributed by atoms with Crippen molar-refractivity contribution >= 4 is 10.0 Å². The van der Waals surface area contributed by atoms with Crippen LogP contribution in [-0.4, -0.2) is 28.2 Å². The Hall–Kier alpha value is -1.63. The number of methoxy groups -OCH3 is 1. The Balaban J connectivity index is 3.14. The first-order valence-electron chi connectivity index (χ1n) is 6.24. The fourth-order valence-electron chi connectivity index (χ4n) is 1.71. The summed E-state index contributed by atoms with van der Waals surface area (Å²) in [5.74, 6) is 0. The molecule has 0 amide bonds. The van der Waals surface area contributed by atoms with Gasteiger partial charge in [0.1, 0.15) is 0 Å². The highest BCUT2D eigenvalue weighted by Gasteiger charge is 2.35. The largest absolute Gasteiger partial charge is 0.417 e. The lowest BCUT2D eigenvalue weighted by Gasteiger charge is -2.15. The molecule has 0 saturated heterocycles. The fourth-order valence-corrected chi connectivity index (χ4v) is 3.01. The Kier molecular flexibility index (Phi) is 5.93. The van der Waals surface area contributed by atoms with E-state index >= 15 is 0 Å². The number of rotatable bonds is 6. The van der Waals surface area contributed by atoms with E-state index in [0.29, 0.717) is 19.1 Å². The quantitative estimate of drug-likeness (QED) is 0.864. The topological polar surface area (TPSA) is 79.2 Å². The second kappa shape index (κ2) is 7.09. The number of nitrogens with zero attached hydrogens (tertiary/aromatic N) is 1. The van der Waals surface area contributed by atoms with Gasteiger partial charge in [0.15, 0.2) is 0 Å². The number of nitriles is 1. The molecule has 1 atom stereocenters. The predicted octanol–water partition coefficient (Wildman–Crippen LogP) is 2.28. The van der Waals surface area contributed by atoms with Gasteiger partial charge in [-0.25, -0.2) is 13.1 Å². The lowest BCUT2D eigenvalue weighted by molar-refractivity contribution is -0.137. The molecule has 1 aromatic carbocycles. The summed E-state index contributed by atoms with van der Waals surface area (Å²) in [5.41, 5.74) is -1.90. The number of benzene rings is 1. The number of alkyl halides is 3. The molecule has 1 aromatic rings. The van der Waals surface area contributed by atoms with Gasteiger partial charge in [0.2, 0.25) is 10.0 Å². The molecule has 0 fully saturated rings. The van der Waals surface area contributed by atoms with Crippen LogP contribution in [0.4, 0.5) is 13.2 Å². The average Bonchev–Trinajstić information content (AvgIpc) is 2.43. The molecule has 0 aliphatic heterocycles. The van der Waals surface area contributed by atoms with Crippen LogP contribution < -0.4 is 4.72 Å². The number of halogens is 3. The van der Waals surface area contributed by atoms with Crippen molar-refractivity contribution < 1.29 is 26.3 Å². The van der Waals surface area contributed by atoms with Gasteiger partial charge in [0, 0.05) is 19.8 Å². The first-order valence-corrected chi connectivity index (χ1v) is 7.72. The SMILES string of the molecule is COCCC(C)NS(=O)(=O)c1ccc(C#N)c(C(F)(F)F)c1. The van der Waals surface area contributed by atoms with E-state index in [1.54, 1.807) is 6.92 Å². The van der Waals surface area contributed by atoms with Crippen molar-refractivity contribution in [2.75, 3.05) is 13.7 Å². The van der Waals surface area contributed by atoms with Gasteiger partial charge in [0.25, 0.3) is 0 Å². The molecule has 0 aromatic heterocycles. The Morgan fingerprint density at radius 1 is 1.41 bits per heavy atom. The van der Waals surface area contributed by atoms with Crippen LogP contribution in [0.1, 0.15) is 24.5 Å². The van der Waals surface area contributed by atoms with Crippen molar-refractivity contribution in [3.63, 3.8) is 0 Å². The van der Waals surface area contributed by atoms with E-state index in [1.165, 1.54) is 13.2 Å². The molecule has 22 heavy (non-hydrogen) atoms. The number of nitrogens with one attached hydrogen (secondary N) is 1. The van der Waals surface area contributed by atoms with E-state index in [1.807, 2.05) is 0 Å². The van der Waals surface area contributed by atoms with Crippen molar-refractivity contribution in [1.29, 1.82) is 5.26 Å². The van der Waals surface area contributed by atoms with Crippen LogP contribution >= 0.6 is 0 Å². The summed E-state index contributed by atoms with van der Waals surface area (Å²) in [6.07, 6.45) is -4.43. The van der Waals surface area contributed by atoms with E-state index in [0.717, 1.165) is 12.1 Å². The first-order chi connectivity index (χ1) is 10.1. The van der Waals surface area contributed by atoms with Gasteiger partial charge in [0.05, 0.1) is 22.1 Å². The van der Waals surface area contributed by atoms with E-state index in [-0.39, 0.29) is 0 Å². The molecule has 0 spiro atoms. The van der Waals surface area contributed by atoms with Gasteiger partial charge < -0.3 is 4.74 Å². The maximum absolute atomic E-state index is 12.8. The molecule has 0 radical (unpaired) electrons. The summed E-state index contributed by atoms with van der Waals surface area (Å²) in [6.45, 7) is 1.88. The zero-order valence-corrected chi connectivity index (χ0v) is 12.8. The molecule has 1 rings (SSSR count). The minimum atomic E-state index is -4.81. The second-order valence-corrected chi connectivity index (χ2v) is 6.33. The highest BCUT2D eigenvalue weighted by Crippen LogP contribution is 2.33. The highest BCUT2D eigenvalue weighted by molar-refractivity contribution is 7.89. The third-order valence-corrected chi connectivity index (χ3v) is 4.43. The van der Waals surface area contributed by atoms with Gasteiger partial charge >= 0.3 is 6.18 Å². The van der Waals surface area contributed by atoms with Gasteiger partial charge in [-0.3, -0.25) is 0 Å². The Morgan fingerprint density at radius 2 is 2.05 bits per heavy atom. The Morgan fingerprint density at radius 3 is 2.55 bits per heavy atom. The van der Waals surface area contributed by atoms with Crippen LogP contribution in [0.2, 0.25) is 0 Å². The zero-order chi connectivity index (χ0) is 17.0. The molecule has 0 heterocycles. The third-order valence-electron chi connectivity index (χ3n) is 2.84. The van der Waals surface area contributed by atoms with Gasteiger partial charge in [-0.2, -0.15) is 18.4 Å². The van der Waals surface area contributed by atoms with Gasteiger partial charge in [-0.1, -0.05) is 0 Å². The predicted molar refractivity (Wildman–Crippen MR) is 72.4 cm³/mol. The molecule has 0 bridgehead atoms. The summed E-state index contributed by atoms with van der Waals surface area (Å²) in [6, 6.07) is 3.17.